The maximum atomic E-state index is 13.4. The van der Waals surface area contributed by atoms with Crippen LogP contribution in [-0.2, 0) is 0 Å². The summed E-state index contributed by atoms with van der Waals surface area (Å²) in [6, 6.07) is 5.03. The van der Waals surface area contributed by atoms with Gasteiger partial charge in [-0.25, -0.2) is 4.39 Å². The first-order valence-electron chi connectivity index (χ1n) is 6.25. The van der Waals surface area contributed by atoms with Crippen molar-refractivity contribution in [1.29, 1.82) is 0 Å². The van der Waals surface area contributed by atoms with Crippen molar-refractivity contribution >= 4 is 11.8 Å². The zero-order chi connectivity index (χ0) is 13.5. The Morgan fingerprint density at radius 3 is 2.78 bits per heavy atom. The molecule has 102 valence electrons. The summed E-state index contributed by atoms with van der Waals surface area (Å²) in [5, 5.41) is 0. The van der Waals surface area contributed by atoms with Crippen LogP contribution in [0, 0.1) is 12.7 Å². The van der Waals surface area contributed by atoms with Crippen molar-refractivity contribution < 1.29 is 4.39 Å². The summed E-state index contributed by atoms with van der Waals surface area (Å²) in [6.07, 6.45) is 3.24. The molecule has 0 saturated carbocycles. The molecule has 1 aromatic carbocycles. The van der Waals surface area contributed by atoms with Gasteiger partial charge in [-0.15, -0.1) is 0 Å². The van der Waals surface area contributed by atoms with Crippen molar-refractivity contribution in [2.75, 3.05) is 32.1 Å². The molecule has 1 rings (SSSR count). The molecule has 1 atom stereocenters. The van der Waals surface area contributed by atoms with E-state index in [-0.39, 0.29) is 11.9 Å². The fourth-order valence-electron chi connectivity index (χ4n) is 2.13. The molecule has 0 fully saturated rings. The fourth-order valence-corrected chi connectivity index (χ4v) is 2.55. The zero-order valence-electron chi connectivity index (χ0n) is 11.4. The minimum atomic E-state index is -0.188. The maximum absolute atomic E-state index is 13.4. The average Bonchev–Trinajstić information content (AvgIpc) is 2.35. The SMILES string of the molecule is CSCCCN(C)C(CN)c1cc(F)ccc1C. The van der Waals surface area contributed by atoms with Gasteiger partial charge in [0.05, 0.1) is 0 Å². The average molecular weight is 270 g/mol. The maximum Gasteiger partial charge on any atom is 0.123 e. The monoisotopic (exact) mass is 270 g/mol. The lowest BCUT2D eigenvalue weighted by Gasteiger charge is -2.28. The van der Waals surface area contributed by atoms with E-state index >= 15 is 0 Å². The van der Waals surface area contributed by atoms with Crippen LogP contribution in [0.25, 0.3) is 0 Å². The van der Waals surface area contributed by atoms with Crippen LogP contribution in [0.15, 0.2) is 18.2 Å². The van der Waals surface area contributed by atoms with Gasteiger partial charge < -0.3 is 5.73 Å². The van der Waals surface area contributed by atoms with E-state index in [1.54, 1.807) is 6.07 Å². The molecule has 1 unspecified atom stereocenters. The number of aryl methyl sites for hydroxylation is 1. The van der Waals surface area contributed by atoms with Gasteiger partial charge >= 0.3 is 0 Å². The molecule has 0 amide bonds. The highest BCUT2D eigenvalue weighted by Crippen LogP contribution is 2.23. The van der Waals surface area contributed by atoms with Crippen molar-refractivity contribution in [3.8, 4) is 0 Å². The second-order valence-corrected chi connectivity index (χ2v) is 5.56. The van der Waals surface area contributed by atoms with Crippen LogP contribution < -0.4 is 5.73 Å². The molecule has 0 saturated heterocycles. The Labute approximate surface area is 114 Å². The molecule has 0 spiro atoms. The van der Waals surface area contributed by atoms with Gasteiger partial charge in [-0.05, 0) is 62.2 Å². The molecule has 0 aliphatic carbocycles. The van der Waals surface area contributed by atoms with E-state index in [2.05, 4.69) is 18.2 Å². The fraction of sp³-hybridized carbons (Fsp3) is 0.571. The standard InChI is InChI=1S/C14H23FN2S/c1-11-5-6-12(15)9-13(11)14(10-16)17(2)7-4-8-18-3/h5-6,9,14H,4,7-8,10,16H2,1-3H3. The number of hydrogen-bond acceptors (Lipinski definition) is 3. The van der Waals surface area contributed by atoms with Gasteiger partial charge in [0.2, 0.25) is 0 Å². The van der Waals surface area contributed by atoms with Crippen LogP contribution in [0.2, 0.25) is 0 Å². The Morgan fingerprint density at radius 2 is 2.17 bits per heavy atom. The lowest BCUT2D eigenvalue weighted by molar-refractivity contribution is 0.250. The van der Waals surface area contributed by atoms with Gasteiger partial charge in [-0.1, -0.05) is 6.07 Å². The third kappa shape index (κ3) is 4.26. The van der Waals surface area contributed by atoms with E-state index in [4.69, 9.17) is 5.73 Å². The molecule has 0 aromatic heterocycles. The lowest BCUT2D eigenvalue weighted by Crippen LogP contribution is -2.32. The van der Waals surface area contributed by atoms with Gasteiger partial charge in [0.25, 0.3) is 0 Å². The van der Waals surface area contributed by atoms with E-state index in [9.17, 15) is 4.39 Å². The van der Waals surface area contributed by atoms with Crippen molar-refractivity contribution in [3.63, 3.8) is 0 Å². The van der Waals surface area contributed by atoms with Gasteiger partial charge in [0.15, 0.2) is 0 Å². The number of hydrogen-bond donors (Lipinski definition) is 1. The molecule has 0 aliphatic heterocycles. The summed E-state index contributed by atoms with van der Waals surface area (Å²) in [4.78, 5) is 2.22. The smallest absolute Gasteiger partial charge is 0.123 e. The zero-order valence-corrected chi connectivity index (χ0v) is 12.3. The quantitative estimate of drug-likeness (QED) is 0.773. The first-order valence-corrected chi connectivity index (χ1v) is 7.64. The molecule has 0 heterocycles. The molecule has 0 bridgehead atoms. The Bertz CT molecular complexity index is 371. The second kappa shape index (κ2) is 7.77. The number of nitrogens with two attached hydrogens (primary N) is 1. The summed E-state index contributed by atoms with van der Waals surface area (Å²) in [6.45, 7) is 3.51. The van der Waals surface area contributed by atoms with E-state index in [0.717, 1.165) is 29.8 Å². The largest absolute Gasteiger partial charge is 0.329 e. The highest BCUT2D eigenvalue weighted by Gasteiger charge is 2.17. The van der Waals surface area contributed by atoms with Gasteiger partial charge in [-0.2, -0.15) is 11.8 Å². The molecule has 2 nitrogen and oxygen atoms in total. The second-order valence-electron chi connectivity index (χ2n) is 4.58. The number of rotatable bonds is 7. The van der Waals surface area contributed by atoms with Crippen LogP contribution >= 0.6 is 11.8 Å². The van der Waals surface area contributed by atoms with E-state index in [1.165, 1.54) is 6.07 Å². The molecule has 4 heteroatoms. The summed E-state index contributed by atoms with van der Waals surface area (Å²) >= 11 is 1.85. The first kappa shape index (κ1) is 15.5. The predicted molar refractivity (Wildman–Crippen MR) is 78.6 cm³/mol. The van der Waals surface area contributed by atoms with E-state index in [0.29, 0.717) is 6.54 Å². The normalized spacial score (nSPS) is 13.0. The molecule has 2 N–H and O–H groups in total. The van der Waals surface area contributed by atoms with Crippen LogP contribution in [0.5, 0.6) is 0 Å². The minimum absolute atomic E-state index is 0.0996. The Kier molecular flexibility index (Phi) is 6.68. The number of benzene rings is 1. The highest BCUT2D eigenvalue weighted by atomic mass is 32.2. The third-order valence-electron chi connectivity index (χ3n) is 3.21. The summed E-state index contributed by atoms with van der Waals surface area (Å²) in [7, 11) is 2.06. The number of halogens is 1. The number of likely N-dealkylation sites (N-methyl/N-ethyl adjacent to an activating group) is 1. The molecule has 18 heavy (non-hydrogen) atoms. The van der Waals surface area contributed by atoms with Crippen LogP contribution in [0.4, 0.5) is 4.39 Å². The van der Waals surface area contributed by atoms with Gasteiger partial charge in [0, 0.05) is 12.6 Å². The molecular weight excluding hydrogens is 247 g/mol. The van der Waals surface area contributed by atoms with Crippen LogP contribution in [0.3, 0.4) is 0 Å². The van der Waals surface area contributed by atoms with Gasteiger partial charge in [0.1, 0.15) is 5.82 Å². The topological polar surface area (TPSA) is 29.3 Å². The van der Waals surface area contributed by atoms with Crippen molar-refractivity contribution in [3.05, 3.63) is 35.1 Å². The Hall–Kier alpha value is -0.580. The highest BCUT2D eigenvalue weighted by molar-refractivity contribution is 7.98. The Balaban J connectivity index is 2.78. The lowest BCUT2D eigenvalue weighted by atomic mass is 10.00. The van der Waals surface area contributed by atoms with Gasteiger partial charge in [-0.3, -0.25) is 4.90 Å². The minimum Gasteiger partial charge on any atom is -0.329 e. The molecule has 0 radical (unpaired) electrons. The summed E-state index contributed by atoms with van der Waals surface area (Å²) in [5.41, 5.74) is 7.96. The van der Waals surface area contributed by atoms with Crippen LogP contribution in [-0.4, -0.2) is 37.0 Å². The third-order valence-corrected chi connectivity index (χ3v) is 3.91. The molecular formula is C14H23FN2S. The van der Waals surface area contributed by atoms with Crippen molar-refractivity contribution in [2.45, 2.75) is 19.4 Å². The van der Waals surface area contributed by atoms with Crippen molar-refractivity contribution in [1.82, 2.24) is 4.90 Å². The number of nitrogens with zero attached hydrogens (tertiary/aromatic N) is 1. The molecule has 0 aliphatic rings. The molecule has 1 aromatic rings. The predicted octanol–water partition coefficient (Wildman–Crippen LogP) is 2.82. The Morgan fingerprint density at radius 1 is 1.44 bits per heavy atom. The first-order chi connectivity index (χ1) is 8.60. The van der Waals surface area contributed by atoms with Crippen molar-refractivity contribution in [2.24, 2.45) is 5.73 Å². The van der Waals surface area contributed by atoms with E-state index in [1.807, 2.05) is 24.8 Å². The summed E-state index contributed by atoms with van der Waals surface area (Å²) < 4.78 is 13.4. The van der Waals surface area contributed by atoms with E-state index < -0.39 is 0 Å². The summed E-state index contributed by atoms with van der Waals surface area (Å²) in [5.74, 6) is 0.954. The number of thioether (sulfide) groups is 1. The van der Waals surface area contributed by atoms with Crippen LogP contribution in [0.1, 0.15) is 23.6 Å².